The van der Waals surface area contributed by atoms with Gasteiger partial charge in [0.05, 0.1) is 0 Å². The first-order valence-electron chi connectivity index (χ1n) is 6.48. The van der Waals surface area contributed by atoms with E-state index >= 15 is 0 Å². The third-order valence-corrected chi connectivity index (χ3v) is 2.56. The molecule has 0 unspecified atom stereocenters. The van der Waals surface area contributed by atoms with Crippen LogP contribution in [0.3, 0.4) is 0 Å². The highest BCUT2D eigenvalue weighted by molar-refractivity contribution is 4.61. The molecule has 2 heteroatoms. The summed E-state index contributed by atoms with van der Waals surface area (Å²) in [7, 11) is 0. The molecule has 0 aliphatic rings. The molecule has 0 aromatic heterocycles. The van der Waals surface area contributed by atoms with Gasteiger partial charge in [-0.05, 0) is 50.7 Å². The average Bonchev–Trinajstić information content (AvgIpc) is 2.12. The van der Waals surface area contributed by atoms with Gasteiger partial charge in [0.2, 0.25) is 0 Å². The zero-order chi connectivity index (χ0) is 11.7. The summed E-state index contributed by atoms with van der Waals surface area (Å²) in [4.78, 5) is 2.57. The minimum absolute atomic E-state index is 0.766. The maximum Gasteiger partial charge on any atom is 0.000439 e. The van der Waals surface area contributed by atoms with Crippen molar-refractivity contribution in [3.05, 3.63) is 0 Å². The molecule has 0 saturated carbocycles. The van der Waals surface area contributed by atoms with E-state index in [9.17, 15) is 0 Å². The first-order valence-corrected chi connectivity index (χ1v) is 6.48. The Labute approximate surface area is 96.2 Å². The second kappa shape index (κ2) is 9.17. The number of hydrogen-bond donors (Lipinski definition) is 1. The lowest BCUT2D eigenvalue weighted by Crippen LogP contribution is -2.31. The van der Waals surface area contributed by atoms with Gasteiger partial charge < -0.3 is 10.6 Å². The lowest BCUT2D eigenvalue weighted by Gasteiger charge is -2.24. The molecule has 0 rings (SSSR count). The summed E-state index contributed by atoms with van der Waals surface area (Å²) in [5.74, 6) is 1.60. The molecule has 2 N–H and O–H groups in total. The number of nitrogens with zero attached hydrogens (tertiary/aromatic N) is 1. The smallest absolute Gasteiger partial charge is 0.000439 e. The predicted molar refractivity (Wildman–Crippen MR) is 69.0 cm³/mol. The monoisotopic (exact) mass is 214 g/mol. The Kier molecular flexibility index (Phi) is 9.12. The van der Waals surface area contributed by atoms with Crippen LogP contribution in [0.5, 0.6) is 0 Å². The van der Waals surface area contributed by atoms with Crippen LogP contribution in [-0.2, 0) is 0 Å². The molecule has 0 heterocycles. The van der Waals surface area contributed by atoms with Gasteiger partial charge in [0.15, 0.2) is 0 Å². The topological polar surface area (TPSA) is 29.3 Å². The van der Waals surface area contributed by atoms with Crippen LogP contribution in [0.4, 0.5) is 0 Å². The van der Waals surface area contributed by atoms with E-state index in [-0.39, 0.29) is 0 Å². The van der Waals surface area contributed by atoms with Gasteiger partial charge in [-0.2, -0.15) is 0 Å². The molecule has 0 spiro atoms. The second-order valence-corrected chi connectivity index (χ2v) is 5.37. The Morgan fingerprint density at radius 3 is 2.00 bits per heavy atom. The fraction of sp³-hybridized carbons (Fsp3) is 1.00. The molecule has 0 fully saturated rings. The third kappa shape index (κ3) is 10.2. The van der Waals surface area contributed by atoms with Crippen molar-refractivity contribution in [2.75, 3.05) is 26.2 Å². The predicted octanol–water partition coefficient (Wildman–Crippen LogP) is 2.73. The van der Waals surface area contributed by atoms with Crippen LogP contribution in [0.15, 0.2) is 0 Å². The molecular formula is C13H30N2. The van der Waals surface area contributed by atoms with Crippen molar-refractivity contribution in [3.63, 3.8) is 0 Å². The van der Waals surface area contributed by atoms with Crippen LogP contribution in [0.25, 0.3) is 0 Å². The number of rotatable bonds is 9. The van der Waals surface area contributed by atoms with Crippen LogP contribution in [0.1, 0.15) is 47.0 Å². The van der Waals surface area contributed by atoms with E-state index in [1.54, 1.807) is 0 Å². The Morgan fingerprint density at radius 2 is 1.53 bits per heavy atom. The number of hydrogen-bond acceptors (Lipinski definition) is 2. The number of nitrogens with two attached hydrogens (primary N) is 1. The molecule has 2 nitrogen and oxygen atoms in total. The molecule has 0 aliphatic carbocycles. The maximum atomic E-state index is 5.56. The van der Waals surface area contributed by atoms with Crippen molar-refractivity contribution in [1.29, 1.82) is 0 Å². The molecule has 0 aliphatic heterocycles. The third-order valence-electron chi connectivity index (χ3n) is 2.56. The first-order chi connectivity index (χ1) is 7.06. The highest BCUT2D eigenvalue weighted by Gasteiger charge is 2.06. The van der Waals surface area contributed by atoms with E-state index in [2.05, 4.69) is 32.6 Å². The van der Waals surface area contributed by atoms with Gasteiger partial charge in [0.25, 0.3) is 0 Å². The van der Waals surface area contributed by atoms with Gasteiger partial charge in [-0.1, -0.05) is 27.7 Å². The summed E-state index contributed by atoms with van der Waals surface area (Å²) in [5, 5.41) is 0. The highest BCUT2D eigenvalue weighted by atomic mass is 15.1. The fourth-order valence-electron chi connectivity index (χ4n) is 1.85. The summed E-state index contributed by atoms with van der Waals surface area (Å²) in [6.45, 7) is 13.6. The van der Waals surface area contributed by atoms with E-state index in [0.717, 1.165) is 24.8 Å². The Balaban J connectivity index is 3.69. The molecule has 0 saturated heterocycles. The van der Waals surface area contributed by atoms with Crippen LogP contribution in [0, 0.1) is 11.8 Å². The van der Waals surface area contributed by atoms with Crippen molar-refractivity contribution < 1.29 is 0 Å². The Hall–Kier alpha value is -0.0800. The molecule has 0 amide bonds. The van der Waals surface area contributed by atoms with Crippen LogP contribution >= 0.6 is 0 Å². The van der Waals surface area contributed by atoms with Crippen molar-refractivity contribution >= 4 is 0 Å². The summed E-state index contributed by atoms with van der Waals surface area (Å²) < 4.78 is 0. The van der Waals surface area contributed by atoms with Crippen LogP contribution < -0.4 is 5.73 Å². The van der Waals surface area contributed by atoms with Gasteiger partial charge in [-0.15, -0.1) is 0 Å². The van der Waals surface area contributed by atoms with Gasteiger partial charge in [-0.25, -0.2) is 0 Å². The minimum atomic E-state index is 0.766. The molecule has 0 radical (unpaired) electrons. The second-order valence-electron chi connectivity index (χ2n) is 5.37. The first kappa shape index (κ1) is 14.9. The summed E-state index contributed by atoms with van der Waals surface area (Å²) in [5.41, 5.74) is 5.56. The van der Waals surface area contributed by atoms with E-state index in [4.69, 9.17) is 5.73 Å². The van der Waals surface area contributed by atoms with Crippen molar-refractivity contribution in [2.24, 2.45) is 17.6 Å². The average molecular weight is 214 g/mol. The van der Waals surface area contributed by atoms with E-state index in [0.29, 0.717) is 0 Å². The molecule has 0 bridgehead atoms. The fourth-order valence-corrected chi connectivity index (χ4v) is 1.85. The van der Waals surface area contributed by atoms with Crippen LogP contribution in [-0.4, -0.2) is 31.1 Å². The Bertz CT molecular complexity index is 132. The minimum Gasteiger partial charge on any atom is -0.330 e. The van der Waals surface area contributed by atoms with E-state index < -0.39 is 0 Å². The summed E-state index contributed by atoms with van der Waals surface area (Å²) in [6.07, 6.45) is 3.81. The van der Waals surface area contributed by atoms with Gasteiger partial charge in [-0.3, -0.25) is 0 Å². The molecule has 0 atom stereocenters. The maximum absolute atomic E-state index is 5.56. The zero-order valence-electron chi connectivity index (χ0n) is 11.1. The molecule has 15 heavy (non-hydrogen) atoms. The SMILES string of the molecule is CC(C)CCCN(CCCN)CC(C)C. The molecule has 0 aromatic rings. The zero-order valence-corrected chi connectivity index (χ0v) is 11.1. The quantitative estimate of drug-likeness (QED) is 0.639. The highest BCUT2D eigenvalue weighted by Crippen LogP contribution is 2.07. The Morgan fingerprint density at radius 1 is 0.933 bits per heavy atom. The van der Waals surface area contributed by atoms with Crippen molar-refractivity contribution in [3.8, 4) is 0 Å². The lowest BCUT2D eigenvalue weighted by atomic mass is 10.1. The van der Waals surface area contributed by atoms with Crippen molar-refractivity contribution in [1.82, 2.24) is 4.90 Å². The molecule has 0 aromatic carbocycles. The van der Waals surface area contributed by atoms with Crippen LogP contribution in [0.2, 0.25) is 0 Å². The van der Waals surface area contributed by atoms with Gasteiger partial charge >= 0.3 is 0 Å². The lowest BCUT2D eigenvalue weighted by molar-refractivity contribution is 0.234. The van der Waals surface area contributed by atoms with Gasteiger partial charge in [0.1, 0.15) is 0 Å². The molecular weight excluding hydrogens is 184 g/mol. The van der Waals surface area contributed by atoms with Gasteiger partial charge in [0, 0.05) is 6.54 Å². The normalized spacial score (nSPS) is 12.0. The van der Waals surface area contributed by atoms with E-state index in [1.165, 1.54) is 32.5 Å². The summed E-state index contributed by atoms with van der Waals surface area (Å²) in [6, 6.07) is 0. The molecule has 92 valence electrons. The standard InChI is InChI=1S/C13H30N2/c1-12(2)7-5-9-15(10-6-8-14)11-13(3)4/h12-13H,5-11,14H2,1-4H3. The summed E-state index contributed by atoms with van der Waals surface area (Å²) >= 11 is 0. The van der Waals surface area contributed by atoms with Crippen molar-refractivity contribution in [2.45, 2.75) is 47.0 Å². The van der Waals surface area contributed by atoms with E-state index in [1.807, 2.05) is 0 Å². The largest absolute Gasteiger partial charge is 0.330 e.